The molecule has 0 aliphatic heterocycles. The Balaban J connectivity index is 1.89. The Morgan fingerprint density at radius 1 is 1.30 bits per heavy atom. The molecule has 1 atom stereocenters. The third kappa shape index (κ3) is 4.71. The van der Waals surface area contributed by atoms with Gasteiger partial charge in [-0.3, -0.25) is 0 Å². The predicted octanol–water partition coefficient (Wildman–Crippen LogP) is 4.79. The number of pyridine rings is 1. The van der Waals surface area contributed by atoms with E-state index in [1.165, 1.54) is 0 Å². The fourth-order valence-electron chi connectivity index (χ4n) is 2.75. The second-order valence-corrected chi connectivity index (χ2v) is 7.29. The van der Waals surface area contributed by atoms with E-state index in [2.05, 4.69) is 15.1 Å². The molecule has 0 aliphatic carbocycles. The number of aromatic nitrogens is 3. The molecule has 1 N–H and O–H groups in total. The second-order valence-electron chi connectivity index (χ2n) is 6.88. The summed E-state index contributed by atoms with van der Waals surface area (Å²) in [5, 5.41) is 13.6. The van der Waals surface area contributed by atoms with Gasteiger partial charge in [-0.1, -0.05) is 35.8 Å². The molecule has 0 saturated carbocycles. The topological polar surface area (TPSA) is 108 Å². The van der Waals surface area contributed by atoms with Crippen LogP contribution >= 0.6 is 11.6 Å². The number of carbonyl (C=O) groups is 1. The summed E-state index contributed by atoms with van der Waals surface area (Å²) in [4.78, 5) is 19.9. The van der Waals surface area contributed by atoms with Gasteiger partial charge in [-0.25, -0.2) is 9.78 Å². The summed E-state index contributed by atoms with van der Waals surface area (Å²) in [5.74, 6) is 0.360. The van der Waals surface area contributed by atoms with Crippen LogP contribution < -0.4 is 9.47 Å². The van der Waals surface area contributed by atoms with Gasteiger partial charge in [0.15, 0.2) is 6.10 Å². The average Bonchev–Trinajstić information content (AvgIpc) is 3.18. The smallest absolute Gasteiger partial charge is 0.344 e. The van der Waals surface area contributed by atoms with Crippen molar-refractivity contribution in [3.63, 3.8) is 0 Å². The van der Waals surface area contributed by atoms with Crippen LogP contribution in [-0.2, 0) is 4.79 Å². The minimum Gasteiger partial charge on any atom is -0.479 e. The largest absolute Gasteiger partial charge is 0.479 e. The molecule has 158 valence electrons. The lowest BCUT2D eigenvalue weighted by molar-refractivity contribution is -0.145. The van der Waals surface area contributed by atoms with Crippen molar-refractivity contribution in [2.75, 3.05) is 0 Å². The Bertz CT molecular complexity index is 1050. The van der Waals surface area contributed by atoms with E-state index in [4.69, 9.17) is 25.6 Å². The van der Waals surface area contributed by atoms with Gasteiger partial charge in [-0.15, -0.1) is 0 Å². The predicted molar refractivity (Wildman–Crippen MR) is 111 cm³/mol. The van der Waals surface area contributed by atoms with Crippen molar-refractivity contribution in [3.05, 3.63) is 41.0 Å². The number of rotatable bonds is 8. The average molecular weight is 432 g/mol. The number of benzene rings is 1. The molecule has 3 aromatic rings. The molecule has 0 fully saturated rings. The molecule has 1 unspecified atom stereocenters. The highest BCUT2D eigenvalue weighted by atomic mass is 35.5. The fraction of sp³-hybridized carbons (Fsp3) is 0.333. The molecule has 1 aromatic carbocycles. The molecule has 3 rings (SSSR count). The van der Waals surface area contributed by atoms with E-state index >= 15 is 0 Å². The van der Waals surface area contributed by atoms with Crippen molar-refractivity contribution < 1.29 is 23.9 Å². The van der Waals surface area contributed by atoms with E-state index in [9.17, 15) is 9.90 Å². The Kier molecular flexibility index (Phi) is 6.56. The Hall–Kier alpha value is -3.13. The van der Waals surface area contributed by atoms with Crippen molar-refractivity contribution in [2.45, 2.75) is 46.3 Å². The number of hydrogen-bond acceptors (Lipinski definition) is 7. The van der Waals surface area contributed by atoms with Gasteiger partial charge in [0.2, 0.25) is 11.7 Å². The first-order valence-electron chi connectivity index (χ1n) is 9.45. The number of aliphatic carboxylic acids is 1. The molecule has 0 amide bonds. The van der Waals surface area contributed by atoms with Crippen LogP contribution in [0.15, 0.2) is 35.0 Å². The van der Waals surface area contributed by atoms with Gasteiger partial charge in [-0.05, 0) is 39.3 Å². The minimum atomic E-state index is -1.02. The summed E-state index contributed by atoms with van der Waals surface area (Å²) < 4.78 is 16.6. The van der Waals surface area contributed by atoms with E-state index < -0.39 is 12.1 Å². The first-order valence-corrected chi connectivity index (χ1v) is 9.83. The van der Waals surface area contributed by atoms with Gasteiger partial charge in [0.05, 0.1) is 11.7 Å². The van der Waals surface area contributed by atoms with Crippen LogP contribution in [0.4, 0.5) is 0 Å². The van der Waals surface area contributed by atoms with E-state index in [1.807, 2.05) is 26.8 Å². The van der Waals surface area contributed by atoms with Crippen LogP contribution in [-0.4, -0.2) is 38.4 Å². The molecular weight excluding hydrogens is 410 g/mol. The number of nitrogens with zero attached hydrogens (tertiary/aromatic N) is 3. The second kappa shape index (κ2) is 9.13. The summed E-state index contributed by atoms with van der Waals surface area (Å²) >= 11 is 6.24. The molecule has 0 bridgehead atoms. The Morgan fingerprint density at radius 3 is 2.70 bits per heavy atom. The van der Waals surface area contributed by atoms with Crippen molar-refractivity contribution in [2.24, 2.45) is 0 Å². The standard InChI is InChI=1S/C21H22ClN3O5/c1-5-16(21(26)27)29-17-8-6-7-14(12(17)4)18-24-19(30-25-18)13-9-15(22)20(23-10-13)28-11(2)3/h6-11,16H,5H2,1-4H3,(H,26,27). The van der Waals surface area contributed by atoms with Gasteiger partial charge in [-0.2, -0.15) is 4.98 Å². The third-order valence-corrected chi connectivity index (χ3v) is 4.54. The first-order chi connectivity index (χ1) is 14.3. The summed E-state index contributed by atoms with van der Waals surface area (Å²) in [7, 11) is 0. The lowest BCUT2D eigenvalue weighted by Crippen LogP contribution is -2.26. The number of carboxylic acids is 1. The van der Waals surface area contributed by atoms with Gasteiger partial charge < -0.3 is 19.1 Å². The summed E-state index contributed by atoms with van der Waals surface area (Å²) in [6.45, 7) is 7.33. The molecule has 0 aliphatic rings. The van der Waals surface area contributed by atoms with E-state index in [1.54, 1.807) is 31.3 Å². The highest BCUT2D eigenvalue weighted by molar-refractivity contribution is 6.32. The number of halogens is 1. The van der Waals surface area contributed by atoms with Crippen molar-refractivity contribution in [1.82, 2.24) is 15.1 Å². The minimum absolute atomic E-state index is 0.0539. The lowest BCUT2D eigenvalue weighted by atomic mass is 10.1. The summed E-state index contributed by atoms with van der Waals surface area (Å²) in [6, 6.07) is 6.92. The maximum absolute atomic E-state index is 11.3. The van der Waals surface area contributed by atoms with E-state index in [0.717, 1.165) is 0 Å². The highest BCUT2D eigenvalue weighted by Crippen LogP contribution is 2.32. The molecular formula is C21H22ClN3O5. The number of carboxylic acid groups (broad SMARTS) is 1. The molecule has 2 heterocycles. The van der Waals surface area contributed by atoms with Crippen molar-refractivity contribution in [3.8, 4) is 34.5 Å². The van der Waals surface area contributed by atoms with Crippen molar-refractivity contribution in [1.29, 1.82) is 0 Å². The summed E-state index contributed by atoms with van der Waals surface area (Å²) in [5.41, 5.74) is 1.93. The SMILES string of the molecule is CCC(Oc1cccc(-c2noc(-c3cnc(OC(C)C)c(Cl)c3)n2)c1C)C(=O)O. The summed E-state index contributed by atoms with van der Waals surface area (Å²) in [6.07, 6.45) is 0.906. The molecule has 0 spiro atoms. The van der Waals surface area contributed by atoms with Gasteiger partial charge in [0.1, 0.15) is 10.8 Å². The van der Waals surface area contributed by atoms with Crippen LogP contribution in [0.25, 0.3) is 22.8 Å². The first kappa shape index (κ1) is 21.6. The quantitative estimate of drug-likeness (QED) is 0.542. The Morgan fingerprint density at radius 2 is 2.07 bits per heavy atom. The van der Waals surface area contributed by atoms with Crippen LogP contribution in [0, 0.1) is 6.92 Å². The molecule has 0 saturated heterocycles. The molecule has 8 nitrogen and oxygen atoms in total. The monoisotopic (exact) mass is 431 g/mol. The highest BCUT2D eigenvalue weighted by Gasteiger charge is 2.20. The normalized spacial score (nSPS) is 12.1. The zero-order valence-electron chi connectivity index (χ0n) is 17.0. The third-order valence-electron chi connectivity index (χ3n) is 4.27. The maximum atomic E-state index is 11.3. The Labute approximate surface area is 178 Å². The maximum Gasteiger partial charge on any atom is 0.344 e. The van der Waals surface area contributed by atoms with Gasteiger partial charge in [0.25, 0.3) is 5.89 Å². The lowest BCUT2D eigenvalue weighted by Gasteiger charge is -2.16. The zero-order valence-corrected chi connectivity index (χ0v) is 17.8. The van der Waals surface area contributed by atoms with Crippen LogP contribution in [0.5, 0.6) is 11.6 Å². The van der Waals surface area contributed by atoms with Crippen LogP contribution in [0.3, 0.4) is 0 Å². The van der Waals surface area contributed by atoms with Crippen LogP contribution in [0.2, 0.25) is 5.02 Å². The van der Waals surface area contributed by atoms with E-state index in [-0.39, 0.29) is 12.0 Å². The van der Waals surface area contributed by atoms with E-state index in [0.29, 0.717) is 45.6 Å². The van der Waals surface area contributed by atoms with Gasteiger partial charge >= 0.3 is 5.97 Å². The molecule has 2 aromatic heterocycles. The number of hydrogen-bond donors (Lipinski definition) is 1. The number of ether oxygens (including phenoxy) is 2. The zero-order chi connectivity index (χ0) is 21.8. The van der Waals surface area contributed by atoms with Crippen LogP contribution in [0.1, 0.15) is 32.8 Å². The fourth-order valence-corrected chi connectivity index (χ4v) is 2.96. The molecule has 0 radical (unpaired) electrons. The van der Waals surface area contributed by atoms with Crippen molar-refractivity contribution >= 4 is 17.6 Å². The molecule has 30 heavy (non-hydrogen) atoms. The molecule has 9 heteroatoms. The van der Waals surface area contributed by atoms with Gasteiger partial charge in [0, 0.05) is 17.3 Å².